The van der Waals surface area contributed by atoms with E-state index in [1.54, 1.807) is 0 Å². The van der Waals surface area contributed by atoms with Crippen molar-refractivity contribution in [3.8, 4) is 6.07 Å². The average molecular weight is 187 g/mol. The van der Waals surface area contributed by atoms with E-state index in [4.69, 9.17) is 5.26 Å². The van der Waals surface area contributed by atoms with Crippen LogP contribution in [0.5, 0.6) is 0 Å². The van der Waals surface area contributed by atoms with Crippen LogP contribution in [0.15, 0.2) is 24.3 Å². The molecule has 1 aromatic rings. The predicted octanol–water partition coefficient (Wildman–Crippen LogP) is 3.65. The van der Waals surface area contributed by atoms with Crippen LogP contribution in [0.4, 0.5) is 0 Å². The molecule has 0 saturated carbocycles. The highest BCUT2D eigenvalue weighted by atomic mass is 14.3. The molecule has 0 aromatic heterocycles. The molecule has 0 fully saturated rings. The van der Waals surface area contributed by atoms with Crippen molar-refractivity contribution in [3.05, 3.63) is 35.4 Å². The first-order valence-corrected chi connectivity index (χ1v) is 5.10. The summed E-state index contributed by atoms with van der Waals surface area (Å²) in [6.07, 6.45) is 0.946. The zero-order valence-electron chi connectivity index (χ0n) is 9.12. The van der Waals surface area contributed by atoms with Gasteiger partial charge in [-0.1, -0.05) is 38.1 Å². The SMILES string of the molecule is Cc1ccccc1C(C#N)CC(C)C. The molecular formula is C13H17N. The van der Waals surface area contributed by atoms with E-state index in [-0.39, 0.29) is 5.92 Å². The molecule has 0 amide bonds. The first kappa shape index (κ1) is 10.8. The number of hydrogen-bond donors (Lipinski definition) is 0. The fourth-order valence-corrected chi connectivity index (χ4v) is 1.70. The Bertz CT molecular complexity index is 333. The molecule has 1 atom stereocenters. The Labute approximate surface area is 86.4 Å². The fraction of sp³-hybridized carbons (Fsp3) is 0.462. The number of rotatable bonds is 3. The van der Waals surface area contributed by atoms with Gasteiger partial charge in [0.1, 0.15) is 0 Å². The minimum absolute atomic E-state index is 0.0520. The summed E-state index contributed by atoms with van der Waals surface area (Å²) in [5, 5.41) is 9.10. The van der Waals surface area contributed by atoms with E-state index >= 15 is 0 Å². The molecule has 0 aliphatic rings. The smallest absolute Gasteiger partial charge is 0.0717 e. The van der Waals surface area contributed by atoms with Crippen LogP contribution in [0, 0.1) is 24.2 Å². The molecule has 1 rings (SSSR count). The first-order valence-electron chi connectivity index (χ1n) is 5.10. The Kier molecular flexibility index (Phi) is 3.71. The Morgan fingerprint density at radius 3 is 2.43 bits per heavy atom. The summed E-state index contributed by atoms with van der Waals surface area (Å²) in [6, 6.07) is 10.5. The van der Waals surface area contributed by atoms with E-state index in [1.165, 1.54) is 11.1 Å². The van der Waals surface area contributed by atoms with Gasteiger partial charge in [0.05, 0.1) is 12.0 Å². The van der Waals surface area contributed by atoms with Crippen molar-refractivity contribution >= 4 is 0 Å². The lowest BCUT2D eigenvalue weighted by atomic mass is 9.89. The molecule has 0 aliphatic heterocycles. The number of nitrogens with zero attached hydrogens (tertiary/aromatic N) is 1. The summed E-state index contributed by atoms with van der Waals surface area (Å²) in [7, 11) is 0. The monoisotopic (exact) mass is 187 g/mol. The van der Waals surface area contributed by atoms with E-state index < -0.39 is 0 Å². The lowest BCUT2D eigenvalue weighted by molar-refractivity contribution is 0.554. The van der Waals surface area contributed by atoms with Crippen LogP contribution in [-0.4, -0.2) is 0 Å². The summed E-state index contributed by atoms with van der Waals surface area (Å²) in [6.45, 7) is 6.38. The zero-order valence-corrected chi connectivity index (χ0v) is 9.12. The van der Waals surface area contributed by atoms with Crippen molar-refractivity contribution in [2.75, 3.05) is 0 Å². The van der Waals surface area contributed by atoms with Crippen LogP contribution in [-0.2, 0) is 0 Å². The maximum absolute atomic E-state index is 9.10. The summed E-state index contributed by atoms with van der Waals surface area (Å²) in [5.41, 5.74) is 2.41. The second-order valence-electron chi connectivity index (χ2n) is 4.17. The van der Waals surface area contributed by atoms with E-state index in [0.29, 0.717) is 5.92 Å². The third-order valence-electron chi connectivity index (χ3n) is 2.43. The van der Waals surface area contributed by atoms with Crippen molar-refractivity contribution in [1.29, 1.82) is 5.26 Å². The lowest BCUT2D eigenvalue weighted by Gasteiger charge is -2.13. The fourth-order valence-electron chi connectivity index (χ4n) is 1.70. The lowest BCUT2D eigenvalue weighted by Crippen LogP contribution is -2.02. The number of aryl methyl sites for hydroxylation is 1. The maximum Gasteiger partial charge on any atom is 0.0717 e. The summed E-state index contributed by atoms with van der Waals surface area (Å²) in [5.74, 6) is 0.621. The highest BCUT2D eigenvalue weighted by Gasteiger charge is 2.13. The van der Waals surface area contributed by atoms with Gasteiger partial charge in [-0.3, -0.25) is 0 Å². The second kappa shape index (κ2) is 4.81. The molecule has 74 valence electrons. The van der Waals surface area contributed by atoms with Gasteiger partial charge in [0.25, 0.3) is 0 Å². The third kappa shape index (κ3) is 2.60. The van der Waals surface area contributed by atoms with Crippen LogP contribution >= 0.6 is 0 Å². The van der Waals surface area contributed by atoms with Gasteiger partial charge in [0.15, 0.2) is 0 Å². The Hall–Kier alpha value is -1.29. The topological polar surface area (TPSA) is 23.8 Å². The molecule has 1 nitrogen and oxygen atoms in total. The van der Waals surface area contributed by atoms with Crippen LogP contribution in [0.25, 0.3) is 0 Å². The summed E-state index contributed by atoms with van der Waals surface area (Å²) in [4.78, 5) is 0. The van der Waals surface area contributed by atoms with E-state index in [0.717, 1.165) is 6.42 Å². The molecule has 0 aliphatic carbocycles. The Morgan fingerprint density at radius 1 is 1.29 bits per heavy atom. The van der Waals surface area contributed by atoms with Crippen LogP contribution in [0.3, 0.4) is 0 Å². The quantitative estimate of drug-likeness (QED) is 0.708. The van der Waals surface area contributed by atoms with Gasteiger partial charge in [-0.2, -0.15) is 5.26 Å². The number of benzene rings is 1. The van der Waals surface area contributed by atoms with Gasteiger partial charge in [0, 0.05) is 0 Å². The highest BCUT2D eigenvalue weighted by molar-refractivity contribution is 5.32. The van der Waals surface area contributed by atoms with Gasteiger partial charge in [-0.05, 0) is 30.4 Å². The zero-order chi connectivity index (χ0) is 10.6. The average Bonchev–Trinajstić information content (AvgIpc) is 2.15. The minimum atomic E-state index is 0.0520. The molecular weight excluding hydrogens is 170 g/mol. The minimum Gasteiger partial charge on any atom is -0.198 e. The molecule has 0 N–H and O–H groups in total. The standard InChI is InChI=1S/C13H17N/c1-10(2)8-12(9-14)13-7-5-4-6-11(13)3/h4-7,10,12H,8H2,1-3H3. The normalized spacial score (nSPS) is 12.5. The molecule has 14 heavy (non-hydrogen) atoms. The maximum atomic E-state index is 9.10. The Morgan fingerprint density at radius 2 is 1.93 bits per heavy atom. The van der Waals surface area contributed by atoms with Gasteiger partial charge in [-0.25, -0.2) is 0 Å². The molecule has 0 heterocycles. The van der Waals surface area contributed by atoms with Crippen molar-refractivity contribution < 1.29 is 0 Å². The molecule has 1 unspecified atom stereocenters. The van der Waals surface area contributed by atoms with Crippen molar-refractivity contribution in [3.63, 3.8) is 0 Å². The van der Waals surface area contributed by atoms with Crippen LogP contribution < -0.4 is 0 Å². The van der Waals surface area contributed by atoms with Gasteiger partial charge in [0.2, 0.25) is 0 Å². The van der Waals surface area contributed by atoms with E-state index in [9.17, 15) is 0 Å². The number of hydrogen-bond acceptors (Lipinski definition) is 1. The number of nitriles is 1. The van der Waals surface area contributed by atoms with E-state index in [2.05, 4.69) is 39.0 Å². The van der Waals surface area contributed by atoms with Crippen molar-refractivity contribution in [1.82, 2.24) is 0 Å². The molecule has 1 heteroatoms. The van der Waals surface area contributed by atoms with Gasteiger partial charge < -0.3 is 0 Å². The summed E-state index contributed by atoms with van der Waals surface area (Å²) >= 11 is 0. The van der Waals surface area contributed by atoms with Crippen LogP contribution in [0.2, 0.25) is 0 Å². The largest absolute Gasteiger partial charge is 0.198 e. The highest BCUT2D eigenvalue weighted by Crippen LogP contribution is 2.25. The molecule has 0 radical (unpaired) electrons. The third-order valence-corrected chi connectivity index (χ3v) is 2.43. The second-order valence-corrected chi connectivity index (χ2v) is 4.17. The van der Waals surface area contributed by atoms with Gasteiger partial charge >= 0.3 is 0 Å². The Balaban J connectivity index is 2.91. The van der Waals surface area contributed by atoms with Gasteiger partial charge in [-0.15, -0.1) is 0 Å². The molecule has 0 saturated heterocycles. The first-order chi connectivity index (χ1) is 6.65. The molecule has 0 spiro atoms. The summed E-state index contributed by atoms with van der Waals surface area (Å²) < 4.78 is 0. The molecule has 0 bridgehead atoms. The predicted molar refractivity (Wildman–Crippen MR) is 59.0 cm³/mol. The van der Waals surface area contributed by atoms with Crippen molar-refractivity contribution in [2.45, 2.75) is 33.1 Å². The van der Waals surface area contributed by atoms with Crippen molar-refractivity contribution in [2.24, 2.45) is 5.92 Å². The van der Waals surface area contributed by atoms with Crippen LogP contribution in [0.1, 0.15) is 37.3 Å². The van der Waals surface area contributed by atoms with E-state index in [1.807, 2.05) is 12.1 Å². The molecule has 1 aromatic carbocycles.